The van der Waals surface area contributed by atoms with E-state index in [2.05, 4.69) is 20.1 Å². The van der Waals surface area contributed by atoms with E-state index < -0.39 is 47.6 Å². The highest BCUT2D eigenvalue weighted by Gasteiger charge is 2.30. The molecule has 154 valence electrons. The summed E-state index contributed by atoms with van der Waals surface area (Å²) >= 11 is 0. The highest BCUT2D eigenvalue weighted by molar-refractivity contribution is 5.90. The first-order chi connectivity index (χ1) is 13.2. The molecule has 0 aliphatic rings. The van der Waals surface area contributed by atoms with Gasteiger partial charge < -0.3 is 20.1 Å². The van der Waals surface area contributed by atoms with E-state index in [1.807, 2.05) is 0 Å². The van der Waals surface area contributed by atoms with E-state index in [1.54, 1.807) is 6.92 Å². The molecular weight excluding hydrogens is 371 g/mol. The summed E-state index contributed by atoms with van der Waals surface area (Å²) in [6, 6.07) is 3.38. The van der Waals surface area contributed by atoms with Crippen LogP contribution in [0, 0.1) is 11.7 Å². The Bertz CT molecular complexity index is 707. The number of hydrogen-bond donors (Lipinski definition) is 2. The molecular formula is C19H25FN2O6. The van der Waals surface area contributed by atoms with Crippen LogP contribution >= 0.6 is 0 Å². The second kappa shape index (κ2) is 11.0. The average Bonchev–Trinajstić information content (AvgIpc) is 2.66. The third kappa shape index (κ3) is 7.34. The number of amides is 2. The lowest BCUT2D eigenvalue weighted by Crippen LogP contribution is -2.53. The molecule has 1 rings (SSSR count). The largest absolute Gasteiger partial charge is 0.469 e. The SMILES string of the molecule is COC(=O)[C@@H](C)C[C@@H](NC(=O)[C@H](Cc1ccc(F)cc1)NC(C)=O)C(=O)OC. The minimum absolute atomic E-state index is 0.0333. The normalized spacial score (nSPS) is 13.6. The predicted octanol–water partition coefficient (Wildman–Crippen LogP) is 0.730. The highest BCUT2D eigenvalue weighted by atomic mass is 19.1. The predicted molar refractivity (Wildman–Crippen MR) is 97.5 cm³/mol. The molecule has 8 nitrogen and oxygen atoms in total. The molecule has 0 aromatic heterocycles. The lowest BCUT2D eigenvalue weighted by Gasteiger charge is -2.23. The van der Waals surface area contributed by atoms with Crippen LogP contribution in [0.1, 0.15) is 25.8 Å². The summed E-state index contributed by atoms with van der Waals surface area (Å²) in [5.41, 5.74) is 0.618. The zero-order valence-corrected chi connectivity index (χ0v) is 16.3. The molecule has 0 saturated heterocycles. The summed E-state index contributed by atoms with van der Waals surface area (Å²) < 4.78 is 22.4. The number of carbonyl (C=O) groups is 4. The molecule has 2 N–H and O–H groups in total. The highest BCUT2D eigenvalue weighted by Crippen LogP contribution is 2.11. The fourth-order valence-corrected chi connectivity index (χ4v) is 2.59. The van der Waals surface area contributed by atoms with Crippen LogP contribution in [-0.2, 0) is 35.1 Å². The number of esters is 2. The van der Waals surface area contributed by atoms with Crippen molar-refractivity contribution in [1.82, 2.24) is 10.6 Å². The van der Waals surface area contributed by atoms with Crippen LogP contribution in [0.3, 0.4) is 0 Å². The lowest BCUT2D eigenvalue weighted by atomic mass is 10.0. The Morgan fingerprint density at radius 2 is 1.54 bits per heavy atom. The Kier molecular flexibility index (Phi) is 9.07. The molecule has 0 heterocycles. The Morgan fingerprint density at radius 3 is 2.04 bits per heavy atom. The maximum Gasteiger partial charge on any atom is 0.328 e. The van der Waals surface area contributed by atoms with Gasteiger partial charge in [0.05, 0.1) is 20.1 Å². The van der Waals surface area contributed by atoms with E-state index in [0.717, 1.165) is 7.11 Å². The third-order valence-electron chi connectivity index (χ3n) is 4.04. The molecule has 1 aromatic rings. The minimum Gasteiger partial charge on any atom is -0.469 e. The van der Waals surface area contributed by atoms with E-state index >= 15 is 0 Å². The van der Waals surface area contributed by atoms with Gasteiger partial charge in [0.15, 0.2) is 0 Å². The van der Waals surface area contributed by atoms with Crippen molar-refractivity contribution >= 4 is 23.8 Å². The van der Waals surface area contributed by atoms with Gasteiger partial charge in [0.2, 0.25) is 11.8 Å². The summed E-state index contributed by atoms with van der Waals surface area (Å²) in [4.78, 5) is 47.8. The molecule has 0 unspecified atom stereocenters. The van der Waals surface area contributed by atoms with Crippen molar-refractivity contribution in [2.75, 3.05) is 14.2 Å². The number of rotatable bonds is 9. The summed E-state index contributed by atoms with van der Waals surface area (Å²) in [5.74, 6) is -3.43. The quantitative estimate of drug-likeness (QED) is 0.596. The van der Waals surface area contributed by atoms with Gasteiger partial charge >= 0.3 is 11.9 Å². The summed E-state index contributed by atoms with van der Waals surface area (Å²) in [7, 11) is 2.38. The molecule has 0 saturated carbocycles. The zero-order chi connectivity index (χ0) is 21.3. The number of methoxy groups -OCH3 is 2. The number of ether oxygens (including phenoxy) is 2. The first kappa shape index (κ1) is 23.1. The van der Waals surface area contributed by atoms with Crippen molar-refractivity contribution in [1.29, 1.82) is 0 Å². The van der Waals surface area contributed by atoms with E-state index in [4.69, 9.17) is 0 Å². The van der Waals surface area contributed by atoms with Gasteiger partial charge in [0, 0.05) is 13.3 Å². The van der Waals surface area contributed by atoms with E-state index in [-0.39, 0.29) is 12.8 Å². The van der Waals surface area contributed by atoms with Gasteiger partial charge in [-0.3, -0.25) is 14.4 Å². The van der Waals surface area contributed by atoms with Crippen LogP contribution in [0.5, 0.6) is 0 Å². The first-order valence-corrected chi connectivity index (χ1v) is 8.65. The summed E-state index contributed by atoms with van der Waals surface area (Å²) in [5, 5.41) is 5.01. The minimum atomic E-state index is -1.10. The third-order valence-corrected chi connectivity index (χ3v) is 4.04. The second-order valence-electron chi connectivity index (χ2n) is 6.33. The standard InChI is InChI=1S/C19H25FN2O6/c1-11(18(25)27-3)9-16(19(26)28-4)22-17(24)15(21-12(2)23)10-13-5-7-14(20)8-6-13/h5-8,11,15-16H,9-10H2,1-4H3,(H,21,23)(H,22,24)/t11-,15-,16+/m0/s1. The van der Waals surface area contributed by atoms with Crippen molar-refractivity contribution in [3.8, 4) is 0 Å². The Labute approximate surface area is 162 Å². The fourth-order valence-electron chi connectivity index (χ4n) is 2.59. The molecule has 0 bridgehead atoms. The van der Waals surface area contributed by atoms with Gasteiger partial charge in [-0.25, -0.2) is 9.18 Å². The molecule has 0 fully saturated rings. The molecule has 0 spiro atoms. The Hall–Kier alpha value is -2.97. The van der Waals surface area contributed by atoms with Gasteiger partial charge in [-0.1, -0.05) is 19.1 Å². The van der Waals surface area contributed by atoms with Crippen LogP contribution in [-0.4, -0.2) is 50.1 Å². The first-order valence-electron chi connectivity index (χ1n) is 8.65. The van der Waals surface area contributed by atoms with E-state index in [9.17, 15) is 23.6 Å². The van der Waals surface area contributed by atoms with Gasteiger partial charge in [-0.05, 0) is 24.1 Å². The van der Waals surface area contributed by atoms with Crippen molar-refractivity contribution in [3.05, 3.63) is 35.6 Å². The van der Waals surface area contributed by atoms with Crippen LogP contribution < -0.4 is 10.6 Å². The van der Waals surface area contributed by atoms with Crippen LogP contribution in [0.25, 0.3) is 0 Å². The Balaban J connectivity index is 2.93. The number of carbonyl (C=O) groups excluding carboxylic acids is 4. The van der Waals surface area contributed by atoms with E-state index in [1.165, 1.54) is 38.3 Å². The molecule has 2 amide bonds. The van der Waals surface area contributed by atoms with Gasteiger partial charge in [0.1, 0.15) is 17.9 Å². The summed E-state index contributed by atoms with van der Waals surface area (Å²) in [6.45, 7) is 2.81. The van der Waals surface area contributed by atoms with Gasteiger partial charge in [0.25, 0.3) is 0 Å². The topological polar surface area (TPSA) is 111 Å². The fraction of sp³-hybridized carbons (Fsp3) is 0.474. The maximum atomic E-state index is 13.1. The number of halogens is 1. The molecule has 0 aliphatic heterocycles. The van der Waals surface area contributed by atoms with Crippen LogP contribution in [0.4, 0.5) is 4.39 Å². The lowest BCUT2D eigenvalue weighted by molar-refractivity contribution is -0.149. The number of hydrogen-bond acceptors (Lipinski definition) is 6. The van der Waals surface area contributed by atoms with Crippen molar-refractivity contribution in [2.45, 2.75) is 38.8 Å². The van der Waals surface area contributed by atoms with Crippen molar-refractivity contribution < 1.29 is 33.0 Å². The molecule has 28 heavy (non-hydrogen) atoms. The van der Waals surface area contributed by atoms with Crippen LogP contribution in [0.15, 0.2) is 24.3 Å². The molecule has 0 aliphatic carbocycles. The zero-order valence-electron chi connectivity index (χ0n) is 16.3. The maximum absolute atomic E-state index is 13.1. The smallest absolute Gasteiger partial charge is 0.328 e. The monoisotopic (exact) mass is 396 g/mol. The Morgan fingerprint density at radius 1 is 0.964 bits per heavy atom. The van der Waals surface area contributed by atoms with Crippen molar-refractivity contribution in [3.63, 3.8) is 0 Å². The van der Waals surface area contributed by atoms with Gasteiger partial charge in [-0.15, -0.1) is 0 Å². The average molecular weight is 396 g/mol. The second-order valence-corrected chi connectivity index (χ2v) is 6.33. The van der Waals surface area contributed by atoms with E-state index in [0.29, 0.717) is 5.56 Å². The van der Waals surface area contributed by atoms with Crippen LogP contribution in [0.2, 0.25) is 0 Å². The summed E-state index contributed by atoms with van der Waals surface area (Å²) in [6.07, 6.45) is 0.0561. The van der Waals surface area contributed by atoms with Gasteiger partial charge in [-0.2, -0.15) is 0 Å². The molecule has 9 heteroatoms. The molecule has 1 aromatic carbocycles. The number of nitrogens with one attached hydrogen (secondary N) is 2. The molecule has 0 radical (unpaired) electrons. The number of benzene rings is 1. The van der Waals surface area contributed by atoms with Crippen molar-refractivity contribution in [2.24, 2.45) is 5.92 Å². The molecule has 3 atom stereocenters.